The molecule has 1 aromatic heterocycles. The van der Waals surface area contributed by atoms with E-state index in [1.54, 1.807) is 14.2 Å². The van der Waals surface area contributed by atoms with Gasteiger partial charge in [-0.15, -0.1) is 0 Å². The number of rotatable bonds is 4. The Morgan fingerprint density at radius 1 is 1.00 bits per heavy atom. The second kappa shape index (κ2) is 5.25. The third-order valence-corrected chi connectivity index (χ3v) is 2.86. The number of hydrogen-bond acceptors (Lipinski definition) is 3. The number of nitrogens with zero attached hydrogens (tertiary/aromatic N) is 1. The summed E-state index contributed by atoms with van der Waals surface area (Å²) in [5.41, 5.74) is 3.12. The lowest BCUT2D eigenvalue weighted by molar-refractivity contribution is 0.166. The zero-order chi connectivity index (χ0) is 12.3. The maximum absolute atomic E-state index is 5.27. The Kier molecular flexibility index (Phi) is 3.71. The minimum atomic E-state index is 0.518. The molecule has 0 amide bonds. The fraction of sp³-hybridized carbons (Fsp3) is 0.357. The number of hydrogen-bond donors (Lipinski definition) is 0. The molecule has 1 aromatic carbocycles. The molecule has 17 heavy (non-hydrogen) atoms. The van der Waals surface area contributed by atoms with Crippen LogP contribution in [0.15, 0.2) is 24.3 Å². The summed E-state index contributed by atoms with van der Waals surface area (Å²) < 4.78 is 10.5. The maximum Gasteiger partial charge on any atom is 0.0888 e. The summed E-state index contributed by atoms with van der Waals surface area (Å²) in [5, 5.41) is 2.38. The minimum Gasteiger partial charge on any atom is -0.380 e. The first-order valence-electron chi connectivity index (χ1n) is 5.63. The highest BCUT2D eigenvalue weighted by Gasteiger charge is 2.11. The normalized spacial score (nSPS) is 11.0. The van der Waals surface area contributed by atoms with E-state index in [2.05, 4.69) is 17.1 Å². The maximum atomic E-state index is 5.27. The highest BCUT2D eigenvalue weighted by Crippen LogP contribution is 2.24. The Morgan fingerprint density at radius 2 is 1.65 bits per heavy atom. The molecule has 3 heteroatoms. The Hall–Kier alpha value is -1.45. The molecule has 0 fully saturated rings. The van der Waals surface area contributed by atoms with Gasteiger partial charge in [0.25, 0.3) is 0 Å². The van der Waals surface area contributed by atoms with Crippen molar-refractivity contribution in [1.82, 2.24) is 4.98 Å². The fourth-order valence-corrected chi connectivity index (χ4v) is 2.11. The van der Waals surface area contributed by atoms with Crippen molar-refractivity contribution < 1.29 is 9.47 Å². The summed E-state index contributed by atoms with van der Waals surface area (Å²) in [6.45, 7) is 3.11. The molecule has 0 saturated heterocycles. The third kappa shape index (κ3) is 2.30. The Labute approximate surface area is 101 Å². The van der Waals surface area contributed by atoms with Crippen LogP contribution in [0.2, 0.25) is 0 Å². The van der Waals surface area contributed by atoms with Crippen molar-refractivity contribution in [2.24, 2.45) is 0 Å². The fourth-order valence-electron chi connectivity index (χ4n) is 2.11. The summed E-state index contributed by atoms with van der Waals surface area (Å²) in [6.07, 6.45) is 0. The van der Waals surface area contributed by atoms with Gasteiger partial charge >= 0.3 is 0 Å². The van der Waals surface area contributed by atoms with E-state index in [-0.39, 0.29) is 0 Å². The van der Waals surface area contributed by atoms with E-state index in [9.17, 15) is 0 Å². The van der Waals surface area contributed by atoms with Gasteiger partial charge in [-0.3, -0.25) is 4.98 Å². The first kappa shape index (κ1) is 12.0. The highest BCUT2D eigenvalue weighted by molar-refractivity contribution is 5.87. The van der Waals surface area contributed by atoms with Gasteiger partial charge in [0.05, 0.1) is 18.9 Å². The molecule has 2 aromatic rings. The lowest BCUT2D eigenvalue weighted by Gasteiger charge is -2.13. The lowest BCUT2D eigenvalue weighted by atomic mass is 10.0. The molecule has 0 unspecified atom stereocenters. The molecular weight excluding hydrogens is 214 g/mol. The quantitative estimate of drug-likeness (QED) is 0.810. The zero-order valence-electron chi connectivity index (χ0n) is 10.5. The van der Waals surface area contributed by atoms with Crippen LogP contribution in [0.3, 0.4) is 0 Å². The molecule has 0 aliphatic rings. The molecule has 90 valence electrons. The average molecular weight is 231 g/mol. The molecule has 0 spiro atoms. The van der Waals surface area contributed by atoms with Crippen molar-refractivity contribution in [2.75, 3.05) is 14.2 Å². The lowest BCUT2D eigenvalue weighted by Crippen LogP contribution is -2.04. The van der Waals surface area contributed by atoms with Gasteiger partial charge in [0.1, 0.15) is 0 Å². The molecule has 2 rings (SSSR count). The number of benzene rings is 1. The first-order valence-corrected chi connectivity index (χ1v) is 5.63. The summed E-state index contributed by atoms with van der Waals surface area (Å²) in [6, 6.07) is 8.27. The number of fused-ring (bicyclic) bond motifs is 1. The molecule has 0 aliphatic heterocycles. The number of pyridine rings is 1. The SMILES string of the molecule is COCc1nc(C)c2ccccc2c1COC. The molecule has 0 N–H and O–H groups in total. The van der Waals surface area contributed by atoms with E-state index < -0.39 is 0 Å². The standard InChI is InChI=1S/C14H17NO2/c1-10-11-6-4-5-7-12(11)13(8-16-2)14(15-10)9-17-3/h4-7H,8-9H2,1-3H3. The van der Waals surface area contributed by atoms with E-state index in [1.807, 2.05) is 19.1 Å². The van der Waals surface area contributed by atoms with Gasteiger partial charge in [0, 0.05) is 30.9 Å². The molecule has 3 nitrogen and oxygen atoms in total. The third-order valence-electron chi connectivity index (χ3n) is 2.86. The minimum absolute atomic E-state index is 0.518. The molecule has 0 bridgehead atoms. The largest absolute Gasteiger partial charge is 0.380 e. The summed E-state index contributed by atoms with van der Waals surface area (Å²) in [5.74, 6) is 0. The van der Waals surface area contributed by atoms with Gasteiger partial charge in [0.15, 0.2) is 0 Å². The van der Waals surface area contributed by atoms with Gasteiger partial charge in [-0.1, -0.05) is 24.3 Å². The number of methoxy groups -OCH3 is 2. The zero-order valence-corrected chi connectivity index (χ0v) is 10.5. The van der Waals surface area contributed by atoms with Crippen molar-refractivity contribution in [3.05, 3.63) is 41.2 Å². The molecule has 0 radical (unpaired) electrons. The molecule has 0 saturated carbocycles. The topological polar surface area (TPSA) is 31.4 Å². The highest BCUT2D eigenvalue weighted by atomic mass is 16.5. The first-order chi connectivity index (χ1) is 8.27. The van der Waals surface area contributed by atoms with E-state index in [0.29, 0.717) is 13.2 Å². The van der Waals surface area contributed by atoms with Crippen LogP contribution in [0.1, 0.15) is 17.0 Å². The number of aromatic nitrogens is 1. The van der Waals surface area contributed by atoms with Crippen LogP contribution < -0.4 is 0 Å². The summed E-state index contributed by atoms with van der Waals surface area (Å²) in [7, 11) is 3.38. The molecule has 0 aliphatic carbocycles. The second-order valence-electron chi connectivity index (χ2n) is 4.03. The van der Waals surface area contributed by atoms with Crippen LogP contribution in [0.25, 0.3) is 10.8 Å². The van der Waals surface area contributed by atoms with Crippen LogP contribution in [0, 0.1) is 6.92 Å². The monoisotopic (exact) mass is 231 g/mol. The molecular formula is C14H17NO2. The molecule has 1 heterocycles. The van der Waals surface area contributed by atoms with Crippen molar-refractivity contribution in [3.63, 3.8) is 0 Å². The van der Waals surface area contributed by atoms with Gasteiger partial charge in [-0.2, -0.15) is 0 Å². The Bertz CT molecular complexity index is 523. The van der Waals surface area contributed by atoms with Crippen LogP contribution in [-0.4, -0.2) is 19.2 Å². The van der Waals surface area contributed by atoms with E-state index in [4.69, 9.17) is 9.47 Å². The summed E-state index contributed by atoms with van der Waals surface area (Å²) >= 11 is 0. The second-order valence-corrected chi connectivity index (χ2v) is 4.03. The van der Waals surface area contributed by atoms with Gasteiger partial charge < -0.3 is 9.47 Å². The van der Waals surface area contributed by atoms with E-state index in [0.717, 1.165) is 17.0 Å². The predicted octanol–water partition coefficient (Wildman–Crippen LogP) is 2.84. The molecule has 0 atom stereocenters. The van der Waals surface area contributed by atoms with Crippen molar-refractivity contribution in [3.8, 4) is 0 Å². The summed E-state index contributed by atoms with van der Waals surface area (Å²) in [4.78, 5) is 4.60. The smallest absolute Gasteiger partial charge is 0.0888 e. The Balaban J connectivity index is 2.68. The van der Waals surface area contributed by atoms with Crippen molar-refractivity contribution in [1.29, 1.82) is 0 Å². The van der Waals surface area contributed by atoms with E-state index >= 15 is 0 Å². The van der Waals surface area contributed by atoms with Crippen molar-refractivity contribution in [2.45, 2.75) is 20.1 Å². The Morgan fingerprint density at radius 3 is 2.29 bits per heavy atom. The van der Waals surface area contributed by atoms with Gasteiger partial charge in [-0.05, 0) is 12.3 Å². The van der Waals surface area contributed by atoms with Crippen LogP contribution >= 0.6 is 0 Å². The average Bonchev–Trinajstić information content (AvgIpc) is 2.34. The van der Waals surface area contributed by atoms with Crippen LogP contribution in [0.5, 0.6) is 0 Å². The van der Waals surface area contributed by atoms with Crippen molar-refractivity contribution >= 4 is 10.8 Å². The van der Waals surface area contributed by atoms with Gasteiger partial charge in [-0.25, -0.2) is 0 Å². The van der Waals surface area contributed by atoms with E-state index in [1.165, 1.54) is 10.8 Å². The number of ether oxygens (including phenoxy) is 2. The van der Waals surface area contributed by atoms with Crippen LogP contribution in [-0.2, 0) is 22.7 Å². The van der Waals surface area contributed by atoms with Gasteiger partial charge in [0.2, 0.25) is 0 Å². The predicted molar refractivity (Wildman–Crippen MR) is 67.9 cm³/mol. The van der Waals surface area contributed by atoms with Crippen LogP contribution in [0.4, 0.5) is 0 Å². The number of aryl methyl sites for hydroxylation is 1.